The maximum atomic E-state index is 12.1. The molecule has 0 aliphatic rings. The van der Waals surface area contributed by atoms with Gasteiger partial charge in [0.2, 0.25) is 15.9 Å². The number of hydrogen-bond donors (Lipinski definition) is 1. The van der Waals surface area contributed by atoms with Crippen LogP contribution in [-0.2, 0) is 21.4 Å². The van der Waals surface area contributed by atoms with E-state index in [9.17, 15) is 13.2 Å². The molecule has 0 fully saturated rings. The number of carbonyl (C=O) groups excluding carboxylic acids is 1. The maximum absolute atomic E-state index is 12.1. The van der Waals surface area contributed by atoms with Gasteiger partial charge in [-0.25, -0.2) is 12.7 Å². The number of aromatic nitrogens is 3. The lowest BCUT2D eigenvalue weighted by atomic mass is 10.3. The summed E-state index contributed by atoms with van der Waals surface area (Å²) in [5.41, 5.74) is 0.431. The summed E-state index contributed by atoms with van der Waals surface area (Å²) in [6.07, 6.45) is 1.61. The molecule has 2 aromatic rings. The molecule has 0 atom stereocenters. The van der Waals surface area contributed by atoms with Crippen molar-refractivity contribution in [1.29, 1.82) is 0 Å². The number of aryl methyl sites for hydroxylation is 1. The van der Waals surface area contributed by atoms with Crippen molar-refractivity contribution in [2.75, 3.05) is 25.2 Å². The molecule has 8 nitrogen and oxygen atoms in total. The van der Waals surface area contributed by atoms with Crippen molar-refractivity contribution in [1.82, 2.24) is 19.1 Å². The number of thioether (sulfide) groups is 1. The Morgan fingerprint density at radius 1 is 1.38 bits per heavy atom. The van der Waals surface area contributed by atoms with Crippen molar-refractivity contribution >= 4 is 33.4 Å². The van der Waals surface area contributed by atoms with Gasteiger partial charge in [-0.3, -0.25) is 4.79 Å². The van der Waals surface area contributed by atoms with Gasteiger partial charge in [-0.2, -0.15) is 0 Å². The summed E-state index contributed by atoms with van der Waals surface area (Å²) in [5.74, 6) is -0.0892. The minimum atomic E-state index is -3.54. The van der Waals surface area contributed by atoms with Gasteiger partial charge in [0.15, 0.2) is 5.16 Å². The predicted molar refractivity (Wildman–Crippen MR) is 92.4 cm³/mol. The number of hydrogen-bond acceptors (Lipinski definition) is 6. The summed E-state index contributed by atoms with van der Waals surface area (Å²) in [7, 11) is -0.618. The number of rotatable bonds is 7. The van der Waals surface area contributed by atoms with Crippen molar-refractivity contribution in [3.05, 3.63) is 30.6 Å². The Kier molecular flexibility index (Phi) is 5.97. The predicted octanol–water partition coefficient (Wildman–Crippen LogP) is 1.28. The largest absolute Gasteiger partial charge is 0.325 e. The van der Waals surface area contributed by atoms with Crippen LogP contribution in [0.3, 0.4) is 0 Å². The van der Waals surface area contributed by atoms with Crippen molar-refractivity contribution in [3.63, 3.8) is 0 Å². The number of nitrogens with one attached hydrogen (secondary N) is 1. The van der Waals surface area contributed by atoms with Crippen LogP contribution in [0.15, 0.2) is 40.6 Å². The molecule has 1 aromatic heterocycles. The summed E-state index contributed by atoms with van der Waals surface area (Å²) >= 11 is 1.27. The monoisotopic (exact) mass is 369 g/mol. The fourth-order valence-electron chi connectivity index (χ4n) is 1.85. The second-order valence-electron chi connectivity index (χ2n) is 5.05. The lowest BCUT2D eigenvalue weighted by Crippen LogP contribution is -2.22. The number of carbonyl (C=O) groups is 1. The van der Waals surface area contributed by atoms with Gasteiger partial charge in [-0.1, -0.05) is 17.8 Å². The Morgan fingerprint density at radius 2 is 2.12 bits per heavy atom. The van der Waals surface area contributed by atoms with E-state index in [0.29, 0.717) is 10.8 Å². The van der Waals surface area contributed by atoms with Gasteiger partial charge in [-0.05, 0) is 25.1 Å². The van der Waals surface area contributed by atoms with Crippen LogP contribution in [-0.4, -0.2) is 53.2 Å². The number of anilines is 1. The van der Waals surface area contributed by atoms with Gasteiger partial charge in [0.1, 0.15) is 6.33 Å². The molecule has 0 saturated carbocycles. The maximum Gasteiger partial charge on any atom is 0.242 e. The molecule has 130 valence electrons. The molecule has 0 aliphatic carbocycles. The molecule has 1 heterocycles. The minimum Gasteiger partial charge on any atom is -0.325 e. The molecule has 0 saturated heterocycles. The number of amides is 1. The van der Waals surface area contributed by atoms with Crippen LogP contribution in [0.2, 0.25) is 0 Å². The molecule has 0 spiro atoms. The standard InChI is InChI=1S/C14H19N5O3S2/c1-4-19-10-15-17-14(19)23-9-13(20)16-11-6-5-7-12(8-11)24(21,22)18(2)3/h5-8,10H,4,9H2,1-3H3,(H,16,20). The van der Waals surface area contributed by atoms with Gasteiger partial charge < -0.3 is 9.88 Å². The Bertz CT molecular complexity index is 817. The van der Waals surface area contributed by atoms with E-state index in [1.165, 1.54) is 38.0 Å². The highest BCUT2D eigenvalue weighted by atomic mass is 32.2. The smallest absolute Gasteiger partial charge is 0.242 e. The van der Waals surface area contributed by atoms with Crippen LogP contribution in [0.1, 0.15) is 6.92 Å². The zero-order valence-corrected chi connectivity index (χ0v) is 15.3. The molecule has 10 heteroatoms. The first kappa shape index (κ1) is 18.4. The molecular weight excluding hydrogens is 350 g/mol. The molecule has 0 bridgehead atoms. The van der Waals surface area contributed by atoms with E-state index in [1.807, 2.05) is 11.5 Å². The van der Waals surface area contributed by atoms with Crippen LogP contribution >= 0.6 is 11.8 Å². The third-order valence-electron chi connectivity index (χ3n) is 3.15. The van der Waals surface area contributed by atoms with Crippen molar-refractivity contribution in [2.24, 2.45) is 0 Å². The highest BCUT2D eigenvalue weighted by Crippen LogP contribution is 2.19. The Balaban J connectivity index is 2.02. The first-order chi connectivity index (χ1) is 11.3. The number of nitrogens with zero attached hydrogens (tertiary/aromatic N) is 4. The summed E-state index contributed by atoms with van der Waals surface area (Å²) in [5, 5.41) is 11.1. The number of benzene rings is 1. The van der Waals surface area contributed by atoms with Crippen molar-refractivity contribution < 1.29 is 13.2 Å². The third kappa shape index (κ3) is 4.34. The van der Waals surface area contributed by atoms with Crippen LogP contribution < -0.4 is 5.32 Å². The lowest BCUT2D eigenvalue weighted by Gasteiger charge is -2.12. The fraction of sp³-hybridized carbons (Fsp3) is 0.357. The van der Waals surface area contributed by atoms with Crippen LogP contribution in [0.25, 0.3) is 0 Å². The minimum absolute atomic E-state index is 0.128. The molecule has 0 radical (unpaired) electrons. The van der Waals surface area contributed by atoms with Crippen LogP contribution in [0.5, 0.6) is 0 Å². The average molecular weight is 369 g/mol. The Labute approximate surface area is 145 Å². The molecule has 2 rings (SSSR count). The van der Waals surface area contributed by atoms with E-state index < -0.39 is 10.0 Å². The first-order valence-corrected chi connectivity index (χ1v) is 9.60. The van der Waals surface area contributed by atoms with Crippen molar-refractivity contribution in [2.45, 2.75) is 23.5 Å². The van der Waals surface area contributed by atoms with E-state index in [-0.39, 0.29) is 16.6 Å². The van der Waals surface area contributed by atoms with Gasteiger partial charge in [-0.15, -0.1) is 10.2 Å². The molecule has 1 amide bonds. The molecular formula is C14H19N5O3S2. The van der Waals surface area contributed by atoms with Gasteiger partial charge >= 0.3 is 0 Å². The highest BCUT2D eigenvalue weighted by molar-refractivity contribution is 7.99. The molecule has 0 unspecified atom stereocenters. The lowest BCUT2D eigenvalue weighted by molar-refractivity contribution is -0.113. The number of sulfonamides is 1. The van der Waals surface area contributed by atoms with E-state index in [1.54, 1.807) is 18.5 Å². The zero-order valence-electron chi connectivity index (χ0n) is 13.6. The summed E-state index contributed by atoms with van der Waals surface area (Å²) in [4.78, 5) is 12.2. The highest BCUT2D eigenvalue weighted by Gasteiger charge is 2.17. The van der Waals surface area contributed by atoms with Gasteiger partial charge in [0, 0.05) is 26.3 Å². The quantitative estimate of drug-likeness (QED) is 0.739. The summed E-state index contributed by atoms with van der Waals surface area (Å²) in [6.45, 7) is 2.69. The Hall–Kier alpha value is -1.91. The molecule has 1 N–H and O–H groups in total. The van der Waals surface area contributed by atoms with Gasteiger partial charge in [0.05, 0.1) is 10.6 Å². The SMILES string of the molecule is CCn1cnnc1SCC(=O)Nc1cccc(S(=O)(=O)N(C)C)c1. The topological polar surface area (TPSA) is 97.2 Å². The zero-order chi connectivity index (χ0) is 17.7. The second-order valence-corrected chi connectivity index (χ2v) is 8.15. The normalized spacial score (nSPS) is 11.7. The van der Waals surface area contributed by atoms with E-state index in [2.05, 4.69) is 15.5 Å². The van der Waals surface area contributed by atoms with E-state index in [0.717, 1.165) is 10.8 Å². The fourth-order valence-corrected chi connectivity index (χ4v) is 3.57. The van der Waals surface area contributed by atoms with Gasteiger partial charge in [0.25, 0.3) is 0 Å². The third-order valence-corrected chi connectivity index (χ3v) is 5.94. The molecule has 1 aromatic carbocycles. The molecule has 0 aliphatic heterocycles. The second kappa shape index (κ2) is 7.77. The summed E-state index contributed by atoms with van der Waals surface area (Å²) in [6, 6.07) is 6.16. The van der Waals surface area contributed by atoms with E-state index >= 15 is 0 Å². The first-order valence-electron chi connectivity index (χ1n) is 7.17. The van der Waals surface area contributed by atoms with Crippen molar-refractivity contribution in [3.8, 4) is 0 Å². The van der Waals surface area contributed by atoms with E-state index in [4.69, 9.17) is 0 Å². The van der Waals surface area contributed by atoms with Crippen LogP contribution in [0, 0.1) is 0 Å². The summed E-state index contributed by atoms with van der Waals surface area (Å²) < 4.78 is 27.2. The Morgan fingerprint density at radius 3 is 2.79 bits per heavy atom. The average Bonchev–Trinajstić information content (AvgIpc) is 3.00. The van der Waals surface area contributed by atoms with Crippen LogP contribution in [0.4, 0.5) is 5.69 Å². The molecule has 24 heavy (non-hydrogen) atoms.